The van der Waals surface area contributed by atoms with E-state index in [1.807, 2.05) is 16.8 Å². The molecule has 2 rings (SSSR count). The van der Waals surface area contributed by atoms with Gasteiger partial charge >= 0.3 is 5.97 Å². The Labute approximate surface area is 95.9 Å². The molecule has 0 fully saturated rings. The highest BCUT2D eigenvalue weighted by Gasteiger charge is 2.14. The van der Waals surface area contributed by atoms with Crippen LogP contribution >= 0.6 is 11.3 Å². The van der Waals surface area contributed by atoms with Gasteiger partial charge in [0.2, 0.25) is 0 Å². The van der Waals surface area contributed by atoms with Gasteiger partial charge in [-0.05, 0) is 17.5 Å². The molecule has 0 saturated heterocycles. The molecule has 2 aromatic rings. The standard InChI is InChI=1S/C11H9NO3S/c1-15-11(14)9-4-8(5-13)10(12-9)7-2-3-16-6-7/h2-6,12H,1H3. The number of carbonyl (C=O) groups excluding carboxylic acids is 2. The first-order valence-electron chi connectivity index (χ1n) is 4.55. The SMILES string of the molecule is COC(=O)c1cc(C=O)c(-c2ccsc2)[nH]1. The summed E-state index contributed by atoms with van der Waals surface area (Å²) in [5.41, 5.74) is 2.28. The Hall–Kier alpha value is -1.88. The number of aldehydes is 1. The minimum Gasteiger partial charge on any atom is -0.464 e. The molecular weight excluding hydrogens is 226 g/mol. The number of methoxy groups -OCH3 is 1. The summed E-state index contributed by atoms with van der Waals surface area (Å²) in [6, 6.07) is 3.37. The van der Waals surface area contributed by atoms with E-state index < -0.39 is 5.97 Å². The zero-order valence-electron chi connectivity index (χ0n) is 8.52. The van der Waals surface area contributed by atoms with E-state index in [0.29, 0.717) is 11.3 Å². The summed E-state index contributed by atoms with van der Waals surface area (Å²) < 4.78 is 4.58. The van der Waals surface area contributed by atoms with E-state index in [-0.39, 0.29) is 5.69 Å². The van der Waals surface area contributed by atoms with E-state index >= 15 is 0 Å². The van der Waals surface area contributed by atoms with Gasteiger partial charge in [-0.25, -0.2) is 4.79 Å². The topological polar surface area (TPSA) is 59.2 Å². The smallest absolute Gasteiger partial charge is 0.354 e. The fourth-order valence-corrected chi connectivity index (χ4v) is 2.08. The van der Waals surface area contributed by atoms with Crippen LogP contribution in [-0.2, 0) is 4.74 Å². The van der Waals surface area contributed by atoms with Gasteiger partial charge in [-0.1, -0.05) is 0 Å². The lowest BCUT2D eigenvalue weighted by Gasteiger charge is -1.95. The molecule has 2 heterocycles. The molecule has 16 heavy (non-hydrogen) atoms. The first-order valence-corrected chi connectivity index (χ1v) is 5.49. The Morgan fingerprint density at radius 3 is 2.94 bits per heavy atom. The number of aromatic nitrogens is 1. The molecule has 0 aliphatic rings. The molecule has 5 heteroatoms. The van der Waals surface area contributed by atoms with Crippen molar-refractivity contribution in [3.05, 3.63) is 34.2 Å². The fourth-order valence-electron chi connectivity index (χ4n) is 1.43. The molecule has 0 aliphatic carbocycles. The average molecular weight is 235 g/mol. The molecule has 0 amide bonds. The summed E-state index contributed by atoms with van der Waals surface area (Å²) in [6.07, 6.45) is 0.718. The molecule has 0 saturated carbocycles. The summed E-state index contributed by atoms with van der Waals surface area (Å²) in [5, 5.41) is 3.81. The predicted octanol–water partition coefficient (Wildman–Crippen LogP) is 2.34. The largest absolute Gasteiger partial charge is 0.464 e. The van der Waals surface area contributed by atoms with Gasteiger partial charge in [0.05, 0.1) is 12.8 Å². The number of nitrogens with one attached hydrogen (secondary N) is 1. The highest BCUT2D eigenvalue weighted by molar-refractivity contribution is 7.08. The quantitative estimate of drug-likeness (QED) is 0.656. The second-order valence-electron chi connectivity index (χ2n) is 3.13. The Morgan fingerprint density at radius 1 is 1.56 bits per heavy atom. The first kappa shape index (κ1) is 10.6. The van der Waals surface area contributed by atoms with Crippen molar-refractivity contribution in [2.75, 3.05) is 7.11 Å². The van der Waals surface area contributed by atoms with Gasteiger partial charge in [-0.2, -0.15) is 11.3 Å². The molecule has 2 aromatic heterocycles. The number of rotatable bonds is 3. The van der Waals surface area contributed by atoms with Crippen LogP contribution in [0.4, 0.5) is 0 Å². The maximum atomic E-state index is 11.3. The van der Waals surface area contributed by atoms with Gasteiger partial charge < -0.3 is 9.72 Å². The van der Waals surface area contributed by atoms with Gasteiger partial charge in [-0.15, -0.1) is 0 Å². The Bertz CT molecular complexity index is 513. The molecule has 4 nitrogen and oxygen atoms in total. The number of hydrogen-bond acceptors (Lipinski definition) is 4. The van der Waals surface area contributed by atoms with Crippen LogP contribution in [0.2, 0.25) is 0 Å². The fraction of sp³-hybridized carbons (Fsp3) is 0.0909. The third-order valence-electron chi connectivity index (χ3n) is 2.19. The molecule has 0 radical (unpaired) electrons. The number of hydrogen-bond donors (Lipinski definition) is 1. The second kappa shape index (κ2) is 4.32. The minimum absolute atomic E-state index is 0.283. The van der Waals surface area contributed by atoms with Crippen LogP contribution in [0.5, 0.6) is 0 Å². The Morgan fingerprint density at radius 2 is 2.38 bits per heavy atom. The monoisotopic (exact) mass is 235 g/mol. The molecule has 0 aromatic carbocycles. The third kappa shape index (κ3) is 1.77. The summed E-state index contributed by atoms with van der Waals surface area (Å²) in [6.45, 7) is 0. The lowest BCUT2D eigenvalue weighted by molar-refractivity contribution is 0.0595. The number of H-pyrrole nitrogens is 1. The van der Waals surface area contributed by atoms with Crippen LogP contribution in [0.3, 0.4) is 0 Å². The first-order chi connectivity index (χ1) is 7.76. The highest BCUT2D eigenvalue weighted by Crippen LogP contribution is 2.25. The van der Waals surface area contributed by atoms with Crippen molar-refractivity contribution < 1.29 is 14.3 Å². The normalized spacial score (nSPS) is 10.1. The van der Waals surface area contributed by atoms with Crippen molar-refractivity contribution >= 4 is 23.6 Å². The zero-order chi connectivity index (χ0) is 11.5. The minimum atomic E-state index is -0.482. The van der Waals surface area contributed by atoms with Gasteiger partial charge in [0.15, 0.2) is 6.29 Å². The van der Waals surface area contributed by atoms with E-state index in [2.05, 4.69) is 9.72 Å². The third-order valence-corrected chi connectivity index (χ3v) is 2.87. The van der Waals surface area contributed by atoms with E-state index in [4.69, 9.17) is 0 Å². The van der Waals surface area contributed by atoms with E-state index in [1.165, 1.54) is 24.5 Å². The lowest BCUT2D eigenvalue weighted by atomic mass is 10.2. The van der Waals surface area contributed by atoms with Crippen molar-refractivity contribution in [2.45, 2.75) is 0 Å². The molecule has 0 unspecified atom stereocenters. The van der Waals surface area contributed by atoms with E-state index in [9.17, 15) is 9.59 Å². The van der Waals surface area contributed by atoms with Crippen LogP contribution in [0.1, 0.15) is 20.8 Å². The van der Waals surface area contributed by atoms with Gasteiger partial charge in [-0.3, -0.25) is 4.79 Å². The highest BCUT2D eigenvalue weighted by atomic mass is 32.1. The van der Waals surface area contributed by atoms with E-state index in [1.54, 1.807) is 0 Å². The number of esters is 1. The maximum absolute atomic E-state index is 11.3. The van der Waals surface area contributed by atoms with Crippen molar-refractivity contribution in [3.63, 3.8) is 0 Å². The molecule has 0 bridgehead atoms. The van der Waals surface area contributed by atoms with Crippen LogP contribution in [-0.4, -0.2) is 24.3 Å². The molecule has 82 valence electrons. The number of carbonyl (C=O) groups is 2. The van der Waals surface area contributed by atoms with Crippen molar-refractivity contribution in [3.8, 4) is 11.3 Å². The van der Waals surface area contributed by atoms with Crippen LogP contribution in [0, 0.1) is 0 Å². The zero-order valence-corrected chi connectivity index (χ0v) is 9.34. The van der Waals surface area contributed by atoms with Gasteiger partial charge in [0.25, 0.3) is 0 Å². The van der Waals surface area contributed by atoms with Crippen molar-refractivity contribution in [1.82, 2.24) is 4.98 Å². The van der Waals surface area contributed by atoms with Crippen LogP contribution in [0.25, 0.3) is 11.3 Å². The average Bonchev–Trinajstić information content (AvgIpc) is 2.95. The summed E-state index contributed by atoms with van der Waals surface area (Å²) in [5.74, 6) is -0.482. The maximum Gasteiger partial charge on any atom is 0.354 e. The summed E-state index contributed by atoms with van der Waals surface area (Å²) in [7, 11) is 1.30. The molecule has 1 N–H and O–H groups in total. The van der Waals surface area contributed by atoms with E-state index in [0.717, 1.165) is 11.8 Å². The Kier molecular flexibility index (Phi) is 2.87. The van der Waals surface area contributed by atoms with Crippen LogP contribution in [0.15, 0.2) is 22.9 Å². The second-order valence-corrected chi connectivity index (χ2v) is 3.91. The van der Waals surface area contributed by atoms with Crippen LogP contribution < -0.4 is 0 Å². The molecule has 0 spiro atoms. The molecular formula is C11H9NO3S. The molecule has 0 atom stereocenters. The summed E-state index contributed by atoms with van der Waals surface area (Å²) >= 11 is 1.52. The lowest BCUT2D eigenvalue weighted by Crippen LogP contribution is -2.00. The van der Waals surface area contributed by atoms with Crippen molar-refractivity contribution in [1.29, 1.82) is 0 Å². The summed E-state index contributed by atoms with van der Waals surface area (Å²) in [4.78, 5) is 25.1. The van der Waals surface area contributed by atoms with Crippen molar-refractivity contribution in [2.24, 2.45) is 0 Å². The molecule has 0 aliphatic heterocycles. The van der Waals surface area contributed by atoms with Gasteiger partial charge in [0, 0.05) is 16.5 Å². The van der Waals surface area contributed by atoms with Gasteiger partial charge in [0.1, 0.15) is 5.69 Å². The predicted molar refractivity (Wildman–Crippen MR) is 60.8 cm³/mol. The number of ether oxygens (including phenoxy) is 1. The number of aromatic amines is 1. The Balaban J connectivity index is 2.49. The number of thiophene rings is 1.